The van der Waals surface area contributed by atoms with Gasteiger partial charge in [-0.1, -0.05) is 0 Å². The maximum atomic E-state index is 13.0. The van der Waals surface area contributed by atoms with Crippen LogP contribution in [0.15, 0.2) is 18.2 Å². The summed E-state index contributed by atoms with van der Waals surface area (Å²) in [6, 6.07) is 2.57. The molecule has 0 spiro atoms. The van der Waals surface area contributed by atoms with E-state index in [0.29, 0.717) is 19.2 Å². The summed E-state index contributed by atoms with van der Waals surface area (Å²) in [5.74, 6) is -0.298. The van der Waals surface area contributed by atoms with Gasteiger partial charge in [0.25, 0.3) is 5.69 Å². The molecule has 0 radical (unpaired) electrons. The van der Waals surface area contributed by atoms with Crippen molar-refractivity contribution in [3.8, 4) is 0 Å². The van der Waals surface area contributed by atoms with E-state index >= 15 is 0 Å². The van der Waals surface area contributed by atoms with Gasteiger partial charge in [0.1, 0.15) is 0 Å². The zero-order valence-electron chi connectivity index (χ0n) is 10.8. The predicted octanol–water partition coefficient (Wildman–Crippen LogP) is 1.55. The van der Waals surface area contributed by atoms with Crippen LogP contribution in [-0.4, -0.2) is 35.4 Å². The summed E-state index contributed by atoms with van der Waals surface area (Å²) in [4.78, 5) is 22.6. The Morgan fingerprint density at radius 3 is 2.67 bits per heavy atom. The highest BCUT2D eigenvalue weighted by molar-refractivity contribution is 5.79. The predicted molar refractivity (Wildman–Crippen MR) is 66.4 cm³/mol. The third-order valence-electron chi connectivity index (χ3n) is 3.16. The summed E-state index contributed by atoms with van der Waals surface area (Å²) in [5, 5.41) is 13.4. The lowest BCUT2D eigenvalue weighted by atomic mass is 10.0. The summed E-state index contributed by atoms with van der Waals surface area (Å²) in [5.41, 5.74) is -1.86. The highest BCUT2D eigenvalue weighted by atomic mass is 19.4. The minimum absolute atomic E-state index is 0.0777. The standard InChI is InChI=1S/C12H12F3N3O3/c13-12(14,15)10-5-9(18(20)21)2-1-8(10)7-17-4-3-16-6-11(17)19/h1-2,5,16H,3-4,6-7H2. The van der Waals surface area contributed by atoms with Gasteiger partial charge in [0.2, 0.25) is 5.91 Å². The van der Waals surface area contributed by atoms with Crippen molar-refractivity contribution in [3.63, 3.8) is 0 Å². The molecule has 1 aliphatic heterocycles. The quantitative estimate of drug-likeness (QED) is 0.679. The van der Waals surface area contributed by atoms with Crippen LogP contribution in [0.4, 0.5) is 18.9 Å². The van der Waals surface area contributed by atoms with E-state index in [1.54, 1.807) is 0 Å². The number of nitro benzene ring substituents is 1. The van der Waals surface area contributed by atoms with Crippen molar-refractivity contribution in [1.82, 2.24) is 10.2 Å². The minimum atomic E-state index is -4.71. The van der Waals surface area contributed by atoms with Crippen LogP contribution in [0.1, 0.15) is 11.1 Å². The molecule has 0 bridgehead atoms. The third kappa shape index (κ3) is 3.48. The Labute approximate surface area is 117 Å². The molecule has 1 aromatic rings. The maximum Gasteiger partial charge on any atom is 0.416 e. The van der Waals surface area contributed by atoms with E-state index in [-0.39, 0.29) is 24.6 Å². The van der Waals surface area contributed by atoms with Crippen molar-refractivity contribution in [2.24, 2.45) is 0 Å². The number of nitro groups is 1. The molecule has 0 aromatic heterocycles. The Balaban J connectivity index is 2.34. The van der Waals surface area contributed by atoms with Gasteiger partial charge < -0.3 is 10.2 Å². The number of benzene rings is 1. The van der Waals surface area contributed by atoms with Gasteiger partial charge in [0, 0.05) is 31.8 Å². The SMILES string of the molecule is O=C1CNCCN1Cc1ccc([N+](=O)[O-])cc1C(F)(F)F. The van der Waals surface area contributed by atoms with Crippen LogP contribution in [0.5, 0.6) is 0 Å². The van der Waals surface area contributed by atoms with Gasteiger partial charge >= 0.3 is 6.18 Å². The molecule has 6 nitrogen and oxygen atoms in total. The average Bonchev–Trinajstić information content (AvgIpc) is 2.40. The summed E-state index contributed by atoms with van der Waals surface area (Å²) in [6.45, 7) is 0.662. The van der Waals surface area contributed by atoms with E-state index in [0.717, 1.165) is 12.1 Å². The molecule has 1 saturated heterocycles. The number of non-ortho nitro benzene ring substituents is 1. The Bertz CT molecular complexity index is 575. The third-order valence-corrected chi connectivity index (χ3v) is 3.16. The van der Waals surface area contributed by atoms with Crippen LogP contribution in [0.2, 0.25) is 0 Å². The first-order chi connectivity index (χ1) is 9.79. The number of hydrogen-bond acceptors (Lipinski definition) is 4. The fourth-order valence-electron chi connectivity index (χ4n) is 2.10. The van der Waals surface area contributed by atoms with Crippen LogP contribution >= 0.6 is 0 Å². The lowest BCUT2D eigenvalue weighted by Crippen LogP contribution is -2.47. The van der Waals surface area contributed by atoms with E-state index in [1.807, 2.05) is 0 Å². The van der Waals surface area contributed by atoms with Gasteiger partial charge in [-0.15, -0.1) is 0 Å². The molecule has 1 N–H and O–H groups in total. The van der Waals surface area contributed by atoms with E-state index in [9.17, 15) is 28.1 Å². The number of halogens is 3. The Kier molecular flexibility index (Phi) is 4.12. The molecule has 1 heterocycles. The fraction of sp³-hybridized carbons (Fsp3) is 0.417. The second-order valence-corrected chi connectivity index (χ2v) is 4.59. The second kappa shape index (κ2) is 5.68. The summed E-state index contributed by atoms with van der Waals surface area (Å²) < 4.78 is 39.0. The number of alkyl halides is 3. The number of rotatable bonds is 3. The van der Waals surface area contributed by atoms with Crippen molar-refractivity contribution >= 4 is 11.6 Å². The molecule has 1 aliphatic rings. The molecule has 1 amide bonds. The molecule has 114 valence electrons. The van der Waals surface area contributed by atoms with E-state index in [1.165, 1.54) is 4.90 Å². The highest BCUT2D eigenvalue weighted by Gasteiger charge is 2.35. The Morgan fingerprint density at radius 1 is 1.38 bits per heavy atom. The zero-order chi connectivity index (χ0) is 15.6. The molecule has 21 heavy (non-hydrogen) atoms. The molecular formula is C12H12F3N3O3. The molecular weight excluding hydrogens is 291 g/mol. The number of carbonyl (C=O) groups excluding carboxylic acids is 1. The van der Waals surface area contributed by atoms with Crippen LogP contribution < -0.4 is 5.32 Å². The number of carbonyl (C=O) groups is 1. The topological polar surface area (TPSA) is 75.5 Å². The van der Waals surface area contributed by atoms with E-state index < -0.39 is 22.4 Å². The molecule has 1 aromatic carbocycles. The average molecular weight is 303 g/mol. The van der Waals surface area contributed by atoms with Crippen molar-refractivity contribution in [1.29, 1.82) is 0 Å². The molecule has 1 fully saturated rings. The van der Waals surface area contributed by atoms with Gasteiger partial charge in [-0.25, -0.2) is 0 Å². The van der Waals surface area contributed by atoms with E-state index in [4.69, 9.17) is 0 Å². The molecule has 0 saturated carbocycles. The summed E-state index contributed by atoms with van der Waals surface area (Å²) in [6.07, 6.45) is -4.71. The monoisotopic (exact) mass is 303 g/mol. The molecule has 0 aliphatic carbocycles. The highest BCUT2D eigenvalue weighted by Crippen LogP contribution is 2.35. The van der Waals surface area contributed by atoms with Crippen molar-refractivity contribution in [2.45, 2.75) is 12.7 Å². The number of amides is 1. The van der Waals surface area contributed by atoms with Crippen LogP contribution in [0, 0.1) is 10.1 Å². The first-order valence-corrected chi connectivity index (χ1v) is 6.12. The maximum absolute atomic E-state index is 13.0. The largest absolute Gasteiger partial charge is 0.416 e. The second-order valence-electron chi connectivity index (χ2n) is 4.59. The van der Waals surface area contributed by atoms with Crippen molar-refractivity contribution in [2.75, 3.05) is 19.6 Å². The zero-order valence-corrected chi connectivity index (χ0v) is 10.8. The number of nitrogens with zero attached hydrogens (tertiary/aromatic N) is 2. The summed E-state index contributed by atoms with van der Waals surface area (Å²) >= 11 is 0. The smallest absolute Gasteiger partial charge is 0.336 e. The number of nitrogens with one attached hydrogen (secondary N) is 1. The van der Waals surface area contributed by atoms with E-state index in [2.05, 4.69) is 5.32 Å². The van der Waals surface area contributed by atoms with Gasteiger partial charge in [-0.05, 0) is 11.6 Å². The first-order valence-electron chi connectivity index (χ1n) is 6.12. The molecule has 0 atom stereocenters. The van der Waals surface area contributed by atoms with Crippen molar-refractivity contribution in [3.05, 3.63) is 39.4 Å². The van der Waals surface area contributed by atoms with Gasteiger partial charge in [-0.3, -0.25) is 14.9 Å². The first kappa shape index (κ1) is 15.2. The van der Waals surface area contributed by atoms with Gasteiger partial charge in [0.05, 0.1) is 17.0 Å². The van der Waals surface area contributed by atoms with Crippen LogP contribution in [0.25, 0.3) is 0 Å². The van der Waals surface area contributed by atoms with Crippen LogP contribution in [-0.2, 0) is 17.5 Å². The minimum Gasteiger partial charge on any atom is -0.336 e. The Morgan fingerprint density at radius 2 is 2.10 bits per heavy atom. The lowest BCUT2D eigenvalue weighted by molar-refractivity contribution is -0.385. The summed E-state index contributed by atoms with van der Waals surface area (Å²) in [7, 11) is 0. The van der Waals surface area contributed by atoms with Gasteiger partial charge in [-0.2, -0.15) is 13.2 Å². The fourth-order valence-corrected chi connectivity index (χ4v) is 2.10. The van der Waals surface area contributed by atoms with Crippen molar-refractivity contribution < 1.29 is 22.9 Å². The number of piperazine rings is 1. The van der Waals surface area contributed by atoms with Gasteiger partial charge in [0.15, 0.2) is 0 Å². The molecule has 0 unspecified atom stereocenters. The van der Waals surface area contributed by atoms with Crippen LogP contribution in [0.3, 0.4) is 0 Å². The normalized spacial score (nSPS) is 16.1. The molecule has 2 rings (SSSR count). The molecule has 9 heteroatoms. The lowest BCUT2D eigenvalue weighted by Gasteiger charge is -2.28. The number of hydrogen-bond donors (Lipinski definition) is 1. The Hall–Kier alpha value is -2.16.